The van der Waals surface area contributed by atoms with E-state index >= 15 is 0 Å². The van der Waals surface area contributed by atoms with Gasteiger partial charge in [-0.15, -0.1) is 0 Å². The summed E-state index contributed by atoms with van der Waals surface area (Å²) in [5.41, 5.74) is 22.6. The van der Waals surface area contributed by atoms with E-state index in [2.05, 4.69) is 14.7 Å². The number of rotatable bonds is 14. The molecule has 12 aliphatic rings. The Balaban J connectivity index is 0.000000130. The Morgan fingerprint density at radius 1 is 0.373 bits per heavy atom. The van der Waals surface area contributed by atoms with Crippen LogP contribution < -0.4 is 22.9 Å². The summed E-state index contributed by atoms with van der Waals surface area (Å²) in [6, 6.07) is 19.9. The lowest BCUT2D eigenvalue weighted by Crippen LogP contribution is -2.49. The summed E-state index contributed by atoms with van der Waals surface area (Å²) < 4.78 is 276. The fourth-order valence-electron chi connectivity index (χ4n) is 19.2. The van der Waals surface area contributed by atoms with Gasteiger partial charge in [-0.25, -0.2) is 60.4 Å². The van der Waals surface area contributed by atoms with Crippen molar-refractivity contribution in [3.63, 3.8) is 0 Å². The van der Waals surface area contributed by atoms with Gasteiger partial charge >= 0.3 is 15.5 Å². The Morgan fingerprint density at radius 3 is 0.941 bits per heavy atom. The number of hydrogen-bond acceptors (Lipinski definition) is 20. The fraction of sp³-hybridized carbons (Fsp3) is 0.590. The molecule has 5 aromatic rings. The molecule has 0 aliphatic carbocycles. The monoisotopic (exact) mass is 1750 g/mol. The molecule has 650 valence electrons. The lowest BCUT2D eigenvalue weighted by atomic mass is 9.93. The highest BCUT2D eigenvalue weighted by molar-refractivity contribution is 7.90. The van der Waals surface area contributed by atoms with Gasteiger partial charge in [0.1, 0.15) is 71.0 Å². The molecular formula is C78H100F11N13O12S4. The number of likely N-dealkylation sites (tertiary alicyclic amines) is 3. The van der Waals surface area contributed by atoms with Gasteiger partial charge in [-0.2, -0.15) is 43.1 Å². The van der Waals surface area contributed by atoms with Crippen LogP contribution in [0.5, 0.6) is 0 Å². The molecule has 12 heterocycles. The van der Waals surface area contributed by atoms with Crippen LogP contribution in [0.15, 0.2) is 119 Å². The van der Waals surface area contributed by atoms with Crippen molar-refractivity contribution < 1.29 is 101 Å². The molecule has 0 saturated carbocycles. The van der Waals surface area contributed by atoms with Gasteiger partial charge in [0.15, 0.2) is 0 Å². The van der Waals surface area contributed by atoms with Crippen molar-refractivity contribution in [2.24, 2.45) is 58.4 Å². The topological polar surface area (TPSA) is 307 Å². The first kappa shape index (κ1) is 88.5. The molecule has 0 bridgehead atoms. The first-order valence-electron chi connectivity index (χ1n) is 39.4. The predicted molar refractivity (Wildman–Crippen MR) is 412 cm³/mol. The molecular weight excluding hydrogens is 1650 g/mol. The molecule has 10 saturated heterocycles. The van der Waals surface area contributed by atoms with Gasteiger partial charge in [0.2, 0.25) is 20.0 Å². The quantitative estimate of drug-likeness (QED) is 0.0730. The van der Waals surface area contributed by atoms with Crippen LogP contribution in [0.2, 0.25) is 0 Å². The number of fused-ring (bicyclic) bond motifs is 3. The van der Waals surface area contributed by atoms with E-state index in [1.54, 1.807) is 53.0 Å². The molecule has 6 unspecified atom stereocenters. The highest BCUT2D eigenvalue weighted by Gasteiger charge is 2.56. The van der Waals surface area contributed by atoms with E-state index in [0.29, 0.717) is 132 Å². The van der Waals surface area contributed by atoms with E-state index in [1.165, 1.54) is 14.9 Å². The molecule has 40 heteroatoms. The van der Waals surface area contributed by atoms with Crippen LogP contribution in [0.1, 0.15) is 72.4 Å². The molecule has 0 spiro atoms. The SMILES string of the molecule is CN(C)S(=O)(=O)N1CC2CN([C@H]3CO[C@H](c4cc(F)ccc4F)[C@@H](N)C3)CC2C1.CS(=O)(=O)N1CC2=C(CN([C@H]3CO[C@H](c4cc(F)ccc4F)[C@@H](N)C3)C2)C1.N[C@H]1C[C@@H](N2CC3CN(S(=O)(=O)C(F)(F)F)CC3C2)CO[C@@H]1c1cc(F)ccc1F.N[C@H]1C[C@@H](N2CC3CN(S(=O)(=O)c4ccccc4)CC3C2)CO[C@@H]1c1cc(F)ccc1F. The van der Waals surface area contributed by atoms with Crippen LogP contribution in [0.4, 0.5) is 48.3 Å². The number of ether oxygens (including phenoxy) is 4. The summed E-state index contributed by atoms with van der Waals surface area (Å²) >= 11 is 0. The van der Waals surface area contributed by atoms with Crippen molar-refractivity contribution in [3.8, 4) is 0 Å². The van der Waals surface area contributed by atoms with Gasteiger partial charge in [0.25, 0.3) is 10.2 Å². The molecule has 17 rings (SSSR count). The summed E-state index contributed by atoms with van der Waals surface area (Å²) in [7, 11) is -12.2. The number of alkyl halides is 3. The van der Waals surface area contributed by atoms with Crippen LogP contribution in [-0.2, 0) is 59.2 Å². The fourth-order valence-corrected chi connectivity index (χ4v) is 23.9. The highest BCUT2D eigenvalue weighted by Crippen LogP contribution is 2.44. The van der Waals surface area contributed by atoms with Gasteiger partial charge in [0, 0.05) is 189 Å². The zero-order valence-electron chi connectivity index (χ0n) is 65.2. The maximum atomic E-state index is 14.2. The zero-order chi connectivity index (χ0) is 84.6. The largest absolute Gasteiger partial charge is 0.511 e. The molecule has 12 aliphatic heterocycles. The smallest absolute Gasteiger partial charge is 0.370 e. The molecule has 18 atom stereocenters. The second kappa shape index (κ2) is 35.4. The van der Waals surface area contributed by atoms with Crippen LogP contribution in [0.3, 0.4) is 0 Å². The predicted octanol–water partition coefficient (Wildman–Crippen LogP) is 6.01. The van der Waals surface area contributed by atoms with Gasteiger partial charge in [0.05, 0.1) is 37.6 Å². The van der Waals surface area contributed by atoms with Gasteiger partial charge in [-0.1, -0.05) is 18.2 Å². The maximum absolute atomic E-state index is 14.2. The van der Waals surface area contributed by atoms with E-state index in [4.69, 9.17) is 41.9 Å². The summed E-state index contributed by atoms with van der Waals surface area (Å²) in [5.74, 6) is -3.54. The van der Waals surface area contributed by atoms with Crippen molar-refractivity contribution in [1.29, 1.82) is 0 Å². The minimum atomic E-state index is -5.31. The third kappa shape index (κ3) is 19.0. The van der Waals surface area contributed by atoms with Crippen LogP contribution in [0.25, 0.3) is 0 Å². The van der Waals surface area contributed by atoms with E-state index in [0.717, 1.165) is 110 Å². The molecule has 0 amide bonds. The van der Waals surface area contributed by atoms with E-state index in [-0.39, 0.29) is 89.8 Å². The normalized spacial score (nSPS) is 32.4. The molecule has 5 aromatic carbocycles. The van der Waals surface area contributed by atoms with E-state index < -0.39 is 141 Å². The summed E-state index contributed by atoms with van der Waals surface area (Å²) in [6.07, 6.45) is 0.743. The molecule has 0 aromatic heterocycles. The third-order valence-corrected chi connectivity index (χ3v) is 31.9. The summed E-state index contributed by atoms with van der Waals surface area (Å²) in [4.78, 5) is 9.25. The first-order chi connectivity index (χ1) is 55.7. The number of benzene rings is 5. The molecule has 8 N–H and O–H groups in total. The van der Waals surface area contributed by atoms with Crippen molar-refractivity contribution in [2.45, 2.75) is 109 Å². The first-order valence-corrected chi connectivity index (χ1v) is 45.5. The Hall–Kier alpha value is -5.81. The van der Waals surface area contributed by atoms with Gasteiger partial charge in [-0.05, 0) is 157 Å². The summed E-state index contributed by atoms with van der Waals surface area (Å²) in [6.45, 7) is 9.44. The van der Waals surface area contributed by atoms with Gasteiger partial charge in [-0.3, -0.25) is 19.6 Å². The number of sulfonamides is 3. The lowest BCUT2D eigenvalue weighted by molar-refractivity contribution is -0.0508. The number of hydrogen-bond donors (Lipinski definition) is 4. The lowest BCUT2D eigenvalue weighted by Gasteiger charge is -2.39. The Kier molecular flexibility index (Phi) is 26.6. The molecule has 0 radical (unpaired) electrons. The number of nitrogens with zero attached hydrogens (tertiary/aromatic N) is 9. The standard InChI is InChI=1S/C23H27F2N3O3S.C19H28F2N4O3S.C18H22F5N3O3S.C18H23F2N3O3S/c24-17-6-7-21(25)20(8-17)23-22(26)9-18(14-31-23)27-10-15-12-28(13-16(15)11-27)32(29,30)19-4-2-1-3-5-19;1-23(2)29(26,27)25-9-12-7-24(8-13(12)10-25)15-6-18(22)19(28-11-15)16-5-14(20)3-4-17(16)21;19-12-1-2-15(20)14(3-12)17-16(24)4-13(9-29-17)25-5-10-7-26(8-11(10)6-25)30(27,28)18(21,22)23;1-27(24,25)23-8-11-6-22(7-12(11)9-23)14-5-17(21)18(26-10-14)15-4-13(19)2-3-16(15)20/h1-8,15-16,18,22-23H,9-14,26H2;3-5,12-13,15,18-19H,6-11,22H2,1-2H3;1-3,10-11,13,16-17H,4-9,24H2;2-4,14,17-18H,5-10,21H2,1H3/t15?,16?,18-,22+,23-;12?,13?,15-,18+,19-;10?,11?,13-,16+,17-;14-,17+,18-/m1111/s1. The van der Waals surface area contributed by atoms with Gasteiger partial charge < -0.3 is 41.9 Å². The number of halogens is 11. The summed E-state index contributed by atoms with van der Waals surface area (Å²) in [5, 5.41) is 0. The van der Waals surface area contributed by atoms with Crippen molar-refractivity contribution >= 4 is 40.3 Å². The highest BCUT2D eigenvalue weighted by atomic mass is 32.2. The van der Waals surface area contributed by atoms with E-state index in [1.807, 2.05) is 4.90 Å². The average molecular weight is 1750 g/mol. The van der Waals surface area contributed by atoms with Crippen LogP contribution >= 0.6 is 0 Å². The second-order valence-electron chi connectivity index (χ2n) is 33.5. The minimum Gasteiger partial charge on any atom is -0.370 e. The zero-order valence-corrected chi connectivity index (χ0v) is 68.5. The van der Waals surface area contributed by atoms with Crippen LogP contribution in [0, 0.1) is 82.0 Å². The molecule has 10 fully saturated rings. The Morgan fingerprint density at radius 2 is 0.661 bits per heavy atom. The van der Waals surface area contributed by atoms with E-state index in [9.17, 15) is 82.0 Å². The molecule has 25 nitrogen and oxygen atoms in total. The van der Waals surface area contributed by atoms with Crippen molar-refractivity contribution in [3.05, 3.63) is 183 Å². The van der Waals surface area contributed by atoms with Crippen molar-refractivity contribution in [1.82, 2.24) is 41.1 Å². The Labute approximate surface area is 680 Å². The average Bonchev–Trinajstić information content (AvgIpc) is 1.64. The maximum Gasteiger partial charge on any atom is 0.511 e. The molecule has 118 heavy (non-hydrogen) atoms. The Bertz CT molecular complexity index is 4910. The third-order valence-electron chi connectivity index (χ3n) is 25.5. The van der Waals surface area contributed by atoms with Crippen molar-refractivity contribution in [2.75, 3.05) is 151 Å². The number of nitrogens with two attached hydrogens (primary N) is 4. The van der Waals surface area contributed by atoms with Crippen LogP contribution in [-0.4, -0.2) is 280 Å². The minimum absolute atomic E-state index is 0.0623. The second-order valence-corrected chi connectivity index (χ2v) is 41.5.